The van der Waals surface area contributed by atoms with Gasteiger partial charge in [-0.25, -0.2) is 9.78 Å². The van der Waals surface area contributed by atoms with E-state index in [4.69, 9.17) is 0 Å². The van der Waals surface area contributed by atoms with Crippen LogP contribution in [-0.2, 0) is 24.2 Å². The highest BCUT2D eigenvalue weighted by atomic mass is 32.2. The molecule has 1 amide bonds. The zero-order valence-corrected chi connectivity index (χ0v) is 16.8. The molecule has 0 bridgehead atoms. The van der Waals surface area contributed by atoms with E-state index in [1.165, 1.54) is 23.1 Å². The van der Waals surface area contributed by atoms with E-state index in [1.807, 2.05) is 17.5 Å². The molecule has 1 N–H and O–H groups in total. The molecule has 0 aliphatic heterocycles. The fourth-order valence-electron chi connectivity index (χ4n) is 3.28. The predicted molar refractivity (Wildman–Crippen MR) is 110 cm³/mol. The second kappa shape index (κ2) is 8.66. The van der Waals surface area contributed by atoms with E-state index in [-0.39, 0.29) is 17.3 Å². The minimum absolute atomic E-state index is 0.147. The quantitative estimate of drug-likeness (QED) is 0.494. The Bertz CT molecular complexity index is 1020. The van der Waals surface area contributed by atoms with Gasteiger partial charge in [0.05, 0.1) is 12.3 Å². The lowest BCUT2D eigenvalue weighted by Gasteiger charge is -2.22. The highest BCUT2D eigenvalue weighted by Crippen LogP contribution is 2.28. The third-order valence-corrected chi connectivity index (χ3v) is 6.24. The third kappa shape index (κ3) is 4.31. The second-order valence-corrected chi connectivity index (χ2v) is 8.31. The van der Waals surface area contributed by atoms with Crippen LogP contribution in [0, 0.1) is 0 Å². The van der Waals surface area contributed by atoms with Gasteiger partial charge in [-0.1, -0.05) is 17.8 Å². The maximum Gasteiger partial charge on any atom is 0.349 e. The molecule has 0 atom stereocenters. The van der Waals surface area contributed by atoms with Crippen LogP contribution < -0.4 is 11.0 Å². The zero-order valence-electron chi connectivity index (χ0n) is 15.1. The number of nitrogens with zero attached hydrogens (tertiary/aromatic N) is 4. The average Bonchev–Trinajstić information content (AvgIpc) is 3.22. The number of hydrogen-bond donors (Lipinski definition) is 1. The number of thioether (sulfide) groups is 1. The van der Waals surface area contributed by atoms with Gasteiger partial charge in [-0.3, -0.25) is 14.3 Å². The van der Waals surface area contributed by atoms with Crippen molar-refractivity contribution in [2.75, 3.05) is 11.1 Å². The summed E-state index contributed by atoms with van der Waals surface area (Å²) in [6, 6.07) is 3.83. The molecule has 28 heavy (non-hydrogen) atoms. The molecule has 1 aliphatic carbocycles. The minimum atomic E-state index is -0.271. The van der Waals surface area contributed by atoms with Crippen molar-refractivity contribution in [1.29, 1.82) is 0 Å². The number of anilines is 1. The molecule has 4 rings (SSSR count). The normalized spacial score (nSPS) is 13.1. The van der Waals surface area contributed by atoms with Gasteiger partial charge in [-0.15, -0.1) is 11.3 Å². The number of rotatable bonds is 6. The van der Waals surface area contributed by atoms with Crippen LogP contribution in [-0.4, -0.2) is 31.2 Å². The summed E-state index contributed by atoms with van der Waals surface area (Å²) in [5.41, 5.74) is 2.84. The van der Waals surface area contributed by atoms with Crippen LogP contribution >= 0.6 is 23.1 Å². The number of pyridine rings is 1. The summed E-state index contributed by atoms with van der Waals surface area (Å²) in [5.74, 6) is 0.0521. The molecule has 3 heterocycles. The number of nitrogens with one attached hydrogen (secondary N) is 1. The summed E-state index contributed by atoms with van der Waals surface area (Å²) in [7, 11) is 0. The molecule has 1 aliphatic rings. The zero-order chi connectivity index (χ0) is 19.3. The van der Waals surface area contributed by atoms with E-state index in [0.717, 1.165) is 42.5 Å². The Kier molecular flexibility index (Phi) is 5.82. The Morgan fingerprint density at radius 3 is 2.96 bits per heavy atom. The number of fused-ring (bicyclic) bond motifs is 1. The van der Waals surface area contributed by atoms with E-state index in [1.54, 1.807) is 23.2 Å². The lowest BCUT2D eigenvalue weighted by atomic mass is 9.97. The number of carbonyl (C=O) groups excluding carboxylic acids is 1. The molecular weight excluding hydrogens is 394 g/mol. The third-order valence-electron chi connectivity index (χ3n) is 4.53. The SMILES string of the molecule is O=C(CSc1nc(=O)n(Cc2cccnc2)c2c1CCCC2)Nc1nccs1. The highest BCUT2D eigenvalue weighted by molar-refractivity contribution is 8.00. The Hall–Kier alpha value is -2.52. The number of aromatic nitrogens is 4. The Balaban J connectivity index is 1.56. The summed E-state index contributed by atoms with van der Waals surface area (Å²) in [5, 5.41) is 5.82. The van der Waals surface area contributed by atoms with Gasteiger partial charge < -0.3 is 5.32 Å². The average molecular weight is 414 g/mol. The van der Waals surface area contributed by atoms with Crippen LogP contribution in [0.25, 0.3) is 0 Å². The first-order valence-corrected chi connectivity index (χ1v) is 10.9. The molecule has 9 heteroatoms. The van der Waals surface area contributed by atoms with Gasteiger partial charge in [0, 0.05) is 35.2 Å². The summed E-state index contributed by atoms with van der Waals surface area (Å²) in [4.78, 5) is 37.4. The molecular formula is C19H19N5O2S2. The largest absolute Gasteiger partial charge is 0.349 e. The van der Waals surface area contributed by atoms with Crippen LogP contribution in [0.3, 0.4) is 0 Å². The first-order valence-electron chi connectivity index (χ1n) is 9.04. The summed E-state index contributed by atoms with van der Waals surface area (Å²) in [6.45, 7) is 0.470. The molecule has 7 nitrogen and oxygen atoms in total. The lowest BCUT2D eigenvalue weighted by molar-refractivity contribution is -0.113. The van der Waals surface area contributed by atoms with Crippen LogP contribution in [0.15, 0.2) is 45.9 Å². The van der Waals surface area contributed by atoms with Gasteiger partial charge in [-0.2, -0.15) is 4.98 Å². The van der Waals surface area contributed by atoms with Gasteiger partial charge >= 0.3 is 5.69 Å². The summed E-state index contributed by atoms with van der Waals surface area (Å²) >= 11 is 2.70. The van der Waals surface area contributed by atoms with Crippen molar-refractivity contribution in [3.05, 3.63) is 63.4 Å². The molecule has 0 saturated heterocycles. The Labute approximate surface area is 170 Å². The Morgan fingerprint density at radius 2 is 2.18 bits per heavy atom. The van der Waals surface area contributed by atoms with Crippen molar-refractivity contribution in [2.45, 2.75) is 37.3 Å². The van der Waals surface area contributed by atoms with Gasteiger partial charge in [0.25, 0.3) is 0 Å². The van der Waals surface area contributed by atoms with Gasteiger partial charge in [-0.05, 0) is 37.3 Å². The molecule has 0 aromatic carbocycles. The monoisotopic (exact) mass is 413 g/mol. The first kappa shape index (κ1) is 18.8. The van der Waals surface area contributed by atoms with E-state index < -0.39 is 0 Å². The Morgan fingerprint density at radius 1 is 1.29 bits per heavy atom. The molecule has 0 spiro atoms. The van der Waals surface area contributed by atoms with E-state index >= 15 is 0 Å². The number of thiazole rings is 1. The number of hydrogen-bond acceptors (Lipinski definition) is 7. The molecule has 0 unspecified atom stereocenters. The summed E-state index contributed by atoms with van der Waals surface area (Å²) < 4.78 is 1.76. The van der Waals surface area contributed by atoms with Gasteiger partial charge in [0.15, 0.2) is 5.13 Å². The van der Waals surface area contributed by atoms with Crippen LogP contribution in [0.2, 0.25) is 0 Å². The molecule has 3 aromatic heterocycles. The van der Waals surface area contributed by atoms with Crippen molar-refractivity contribution >= 4 is 34.1 Å². The molecule has 3 aromatic rings. The summed E-state index contributed by atoms with van der Waals surface area (Å²) in [6.07, 6.45) is 8.99. The van der Waals surface area contributed by atoms with E-state index in [2.05, 4.69) is 20.3 Å². The van der Waals surface area contributed by atoms with Gasteiger partial charge in [0.1, 0.15) is 5.03 Å². The van der Waals surface area contributed by atoms with Gasteiger partial charge in [0.2, 0.25) is 5.91 Å². The van der Waals surface area contributed by atoms with Crippen molar-refractivity contribution in [2.24, 2.45) is 0 Å². The first-order chi connectivity index (χ1) is 13.7. The minimum Gasteiger partial charge on any atom is -0.301 e. The topological polar surface area (TPSA) is 89.8 Å². The fraction of sp³-hybridized carbons (Fsp3) is 0.316. The fourth-order valence-corrected chi connectivity index (χ4v) is 4.70. The standard InChI is InChI=1S/C19H19N5O2S2/c25-16(22-18-21-8-9-27-18)12-28-17-14-5-1-2-6-15(14)24(19(26)23-17)11-13-4-3-7-20-10-13/h3-4,7-10H,1-2,5-6,11-12H2,(H,21,22,25). The molecule has 144 valence electrons. The maximum atomic E-state index is 12.7. The van der Waals surface area contributed by atoms with Crippen molar-refractivity contribution < 1.29 is 4.79 Å². The van der Waals surface area contributed by atoms with Crippen LogP contribution in [0.4, 0.5) is 5.13 Å². The van der Waals surface area contributed by atoms with Crippen LogP contribution in [0.5, 0.6) is 0 Å². The smallest absolute Gasteiger partial charge is 0.301 e. The van der Waals surface area contributed by atoms with Crippen molar-refractivity contribution in [3.63, 3.8) is 0 Å². The predicted octanol–water partition coefficient (Wildman–Crippen LogP) is 2.75. The van der Waals surface area contributed by atoms with E-state index in [9.17, 15) is 9.59 Å². The van der Waals surface area contributed by atoms with Crippen molar-refractivity contribution in [3.8, 4) is 0 Å². The van der Waals surface area contributed by atoms with E-state index in [0.29, 0.717) is 16.7 Å². The second-order valence-electron chi connectivity index (χ2n) is 6.45. The number of amides is 1. The molecule has 0 saturated carbocycles. The lowest BCUT2D eigenvalue weighted by Crippen LogP contribution is -2.30. The number of carbonyl (C=O) groups is 1. The molecule has 0 fully saturated rings. The van der Waals surface area contributed by atoms with Crippen molar-refractivity contribution in [1.82, 2.24) is 19.5 Å². The van der Waals surface area contributed by atoms with Crippen LogP contribution in [0.1, 0.15) is 29.7 Å². The maximum absolute atomic E-state index is 12.7. The highest BCUT2D eigenvalue weighted by Gasteiger charge is 2.21. The molecule has 0 radical (unpaired) electrons.